The van der Waals surface area contributed by atoms with Crippen molar-refractivity contribution in [1.82, 2.24) is 0 Å². The summed E-state index contributed by atoms with van der Waals surface area (Å²) >= 11 is 0. The van der Waals surface area contributed by atoms with Gasteiger partial charge in [0.1, 0.15) is 0 Å². The highest BCUT2D eigenvalue weighted by Gasteiger charge is 2.49. The molecule has 0 nitrogen and oxygen atoms in total. The third-order valence-electron chi connectivity index (χ3n) is 14.8. The van der Waals surface area contributed by atoms with Crippen LogP contribution in [0.4, 0.5) is 0 Å². The highest BCUT2D eigenvalue weighted by Crippen LogP contribution is 2.65. The molecule has 274 valence electrons. The average Bonchev–Trinajstić information content (AvgIpc) is 3.02. The molecule has 0 aromatic heterocycles. The summed E-state index contributed by atoms with van der Waals surface area (Å²) in [6, 6.07) is 10.6. The molecule has 0 aliphatic heterocycles. The zero-order chi connectivity index (χ0) is 34.9. The molecule has 12 unspecified atom stereocenters. The van der Waals surface area contributed by atoms with Gasteiger partial charge in [0.2, 0.25) is 0 Å². The molecule has 2 heteroatoms. The van der Waals surface area contributed by atoms with Crippen molar-refractivity contribution in [3.63, 3.8) is 0 Å². The lowest BCUT2D eigenvalue weighted by Gasteiger charge is -2.53. The molecular weight excluding hydrogens is 614 g/mol. The molecule has 0 bridgehead atoms. The van der Waals surface area contributed by atoms with Gasteiger partial charge in [0.25, 0.3) is 0 Å². The summed E-state index contributed by atoms with van der Waals surface area (Å²) in [7, 11) is -0.499. The third kappa shape index (κ3) is 8.81. The Bertz CT molecular complexity index is 970. The van der Waals surface area contributed by atoms with E-state index in [0.717, 1.165) is 93.7 Å². The first-order valence-electron chi connectivity index (χ1n) is 21.4. The van der Waals surface area contributed by atoms with Crippen molar-refractivity contribution in [3.8, 4) is 0 Å². The Hall–Kier alpha value is 0.0800. The topological polar surface area (TPSA) is 0 Å². The first-order valence-corrected chi connectivity index (χ1v) is 24.4. The largest absolute Gasteiger partial charge is 0.0677 e. The minimum atomic E-state index is -0.249. The predicted molar refractivity (Wildman–Crippen MR) is 220 cm³/mol. The lowest BCUT2D eigenvalue weighted by molar-refractivity contribution is 0.223. The van der Waals surface area contributed by atoms with Gasteiger partial charge in [-0.3, -0.25) is 0 Å². The quantitative estimate of drug-likeness (QED) is 0.214. The summed E-state index contributed by atoms with van der Waals surface area (Å²) in [5.41, 5.74) is 3.60. The number of hydrogen-bond acceptors (Lipinski definition) is 0. The van der Waals surface area contributed by atoms with Gasteiger partial charge in [-0.25, -0.2) is 0 Å². The van der Waals surface area contributed by atoms with Crippen molar-refractivity contribution in [2.45, 2.75) is 183 Å². The zero-order valence-electron chi connectivity index (χ0n) is 33.9. The average molecular weight is 695 g/mol. The summed E-state index contributed by atoms with van der Waals surface area (Å²) in [4.78, 5) is 0. The van der Waals surface area contributed by atoms with Gasteiger partial charge in [-0.2, -0.15) is 0 Å². The Labute approximate surface area is 303 Å². The first kappa shape index (κ1) is 39.3. The summed E-state index contributed by atoms with van der Waals surface area (Å²) in [5, 5.41) is 3.91. The van der Waals surface area contributed by atoms with Gasteiger partial charge >= 0.3 is 0 Å². The number of hydrogen-bond donors (Lipinski definition) is 0. The van der Waals surface area contributed by atoms with Crippen LogP contribution in [0.1, 0.15) is 160 Å². The van der Waals surface area contributed by atoms with Crippen molar-refractivity contribution in [1.29, 1.82) is 0 Å². The molecule has 4 fully saturated rings. The molecule has 48 heavy (non-hydrogen) atoms. The SMILES string of the molecule is CC1CCC(C(C)C)C(P(c2ccccc2P(C2CC(C)CCC2C(C)C)C2CC(C)CCC2C(C)C)C2CC(C)CCC2C(C)C)C1. The van der Waals surface area contributed by atoms with Gasteiger partial charge in [-0.15, -0.1) is 0 Å². The Kier molecular flexibility index (Phi) is 14.1. The van der Waals surface area contributed by atoms with Crippen LogP contribution in [0.3, 0.4) is 0 Å². The van der Waals surface area contributed by atoms with Crippen LogP contribution in [-0.2, 0) is 0 Å². The number of rotatable bonds is 10. The summed E-state index contributed by atoms with van der Waals surface area (Å²) < 4.78 is 0. The molecule has 0 saturated heterocycles. The van der Waals surface area contributed by atoms with E-state index in [1.165, 1.54) is 77.0 Å². The van der Waals surface area contributed by atoms with Gasteiger partial charge < -0.3 is 0 Å². The van der Waals surface area contributed by atoms with Crippen molar-refractivity contribution >= 4 is 26.5 Å². The molecule has 4 saturated carbocycles. The lowest BCUT2D eigenvalue weighted by Crippen LogP contribution is -2.46. The maximum absolute atomic E-state index is 2.79. The van der Waals surface area contributed by atoms with Gasteiger partial charge in [0.15, 0.2) is 0 Å². The standard InChI is InChI=1S/C46H80P2/c1-29(2)37-21-17-33(9)25-43(37)47(44-26-34(10)18-22-38(44)30(3)4)41-15-13-14-16-42(41)48(45-27-35(11)19-23-39(45)31(5)6)46-28-36(12)20-24-40(46)32(7)8/h13-16,29-40,43-46H,17-28H2,1-12H3. The van der Waals surface area contributed by atoms with E-state index in [-0.39, 0.29) is 15.8 Å². The molecule has 5 rings (SSSR count). The molecule has 4 aliphatic carbocycles. The maximum Gasteiger partial charge on any atom is -0.0133 e. The fraction of sp³-hybridized carbons (Fsp3) is 0.870. The van der Waals surface area contributed by atoms with E-state index in [9.17, 15) is 0 Å². The molecular formula is C46H80P2. The molecule has 0 radical (unpaired) electrons. The van der Waals surface area contributed by atoms with E-state index < -0.39 is 0 Å². The van der Waals surface area contributed by atoms with E-state index >= 15 is 0 Å². The summed E-state index contributed by atoms with van der Waals surface area (Å²) in [6.07, 6.45) is 17.7. The van der Waals surface area contributed by atoms with Gasteiger partial charge in [-0.1, -0.05) is 149 Å². The fourth-order valence-electron chi connectivity index (χ4n) is 12.0. The molecule has 4 aliphatic rings. The second kappa shape index (κ2) is 17.3. The highest BCUT2D eigenvalue weighted by atomic mass is 31.1. The highest BCUT2D eigenvalue weighted by molar-refractivity contribution is 7.73. The first-order chi connectivity index (χ1) is 22.8. The monoisotopic (exact) mass is 695 g/mol. The normalized spacial score (nSPS) is 39.7. The van der Waals surface area contributed by atoms with Crippen LogP contribution in [0.5, 0.6) is 0 Å². The van der Waals surface area contributed by atoms with Crippen LogP contribution in [0, 0.1) is 71.0 Å². The second-order valence-electron chi connectivity index (χ2n) is 19.9. The fourth-order valence-corrected chi connectivity index (χ4v) is 22.3. The molecule has 0 N–H and O–H groups in total. The van der Waals surface area contributed by atoms with Crippen molar-refractivity contribution in [3.05, 3.63) is 24.3 Å². The van der Waals surface area contributed by atoms with Crippen LogP contribution in [0.15, 0.2) is 24.3 Å². The Morgan fingerprint density at radius 2 is 0.625 bits per heavy atom. The second-order valence-corrected chi connectivity index (χ2v) is 25.1. The summed E-state index contributed by atoms with van der Waals surface area (Å²) in [6.45, 7) is 31.2. The molecule has 0 spiro atoms. The van der Waals surface area contributed by atoms with E-state index in [2.05, 4.69) is 107 Å². The van der Waals surface area contributed by atoms with Crippen molar-refractivity contribution in [2.75, 3.05) is 0 Å². The molecule has 1 aromatic rings. The third-order valence-corrected chi connectivity index (χ3v) is 22.1. The van der Waals surface area contributed by atoms with Crippen LogP contribution >= 0.6 is 15.8 Å². The Morgan fingerprint density at radius 1 is 0.396 bits per heavy atom. The van der Waals surface area contributed by atoms with Gasteiger partial charge in [0, 0.05) is 0 Å². The van der Waals surface area contributed by atoms with Gasteiger partial charge in [-0.05, 0) is 156 Å². The van der Waals surface area contributed by atoms with Crippen LogP contribution < -0.4 is 10.6 Å². The van der Waals surface area contributed by atoms with E-state index in [4.69, 9.17) is 0 Å². The minimum absolute atomic E-state index is 0.249. The molecule has 0 heterocycles. The predicted octanol–water partition coefficient (Wildman–Crippen LogP) is 13.7. The lowest BCUT2D eigenvalue weighted by atomic mass is 9.76. The Morgan fingerprint density at radius 3 is 0.833 bits per heavy atom. The van der Waals surface area contributed by atoms with Crippen LogP contribution in [0.2, 0.25) is 0 Å². The van der Waals surface area contributed by atoms with Crippen LogP contribution in [-0.4, -0.2) is 22.6 Å². The van der Waals surface area contributed by atoms with Crippen molar-refractivity contribution < 1.29 is 0 Å². The smallest absolute Gasteiger partial charge is 0.0133 e. The molecule has 1 aromatic carbocycles. The van der Waals surface area contributed by atoms with Gasteiger partial charge in [0.05, 0.1) is 0 Å². The zero-order valence-corrected chi connectivity index (χ0v) is 35.7. The molecule has 12 atom stereocenters. The Balaban J connectivity index is 1.74. The van der Waals surface area contributed by atoms with Crippen molar-refractivity contribution in [2.24, 2.45) is 71.0 Å². The minimum Gasteiger partial charge on any atom is -0.0677 e. The van der Waals surface area contributed by atoms with E-state index in [1.807, 2.05) is 10.6 Å². The van der Waals surface area contributed by atoms with E-state index in [0.29, 0.717) is 0 Å². The maximum atomic E-state index is 2.79. The summed E-state index contributed by atoms with van der Waals surface area (Å²) in [5.74, 6) is 10.3. The van der Waals surface area contributed by atoms with E-state index in [1.54, 1.807) is 0 Å². The molecule has 0 amide bonds. The van der Waals surface area contributed by atoms with Crippen LogP contribution in [0.25, 0.3) is 0 Å². The number of benzene rings is 1.